The number of imide groups is 1. The van der Waals surface area contributed by atoms with Crippen molar-refractivity contribution in [3.8, 4) is 5.75 Å². The van der Waals surface area contributed by atoms with Crippen LogP contribution in [0, 0.1) is 18.8 Å². The Hall–Kier alpha value is -2.95. The Bertz CT molecular complexity index is 908. The van der Waals surface area contributed by atoms with Gasteiger partial charge >= 0.3 is 0 Å². The zero-order valence-corrected chi connectivity index (χ0v) is 16.8. The predicted molar refractivity (Wildman–Crippen MR) is 110 cm³/mol. The van der Waals surface area contributed by atoms with Crippen LogP contribution >= 0.6 is 0 Å². The Kier molecular flexibility index (Phi) is 5.22. The number of ketones is 1. The highest BCUT2D eigenvalue weighted by atomic mass is 16.5. The summed E-state index contributed by atoms with van der Waals surface area (Å²) < 4.78 is 5.79. The third-order valence-electron chi connectivity index (χ3n) is 5.95. The molecule has 0 unspecified atom stereocenters. The maximum absolute atomic E-state index is 12.7. The largest absolute Gasteiger partial charge is 0.483 e. The Morgan fingerprint density at radius 3 is 2.03 bits per heavy atom. The number of carbonyl (C=O) groups excluding carboxylic acids is 3. The molecule has 1 aliphatic carbocycles. The van der Waals surface area contributed by atoms with Crippen molar-refractivity contribution < 1.29 is 19.1 Å². The number of fused-ring (bicyclic) bond motifs is 1. The zero-order valence-electron chi connectivity index (χ0n) is 16.8. The molecule has 0 bridgehead atoms. The molecule has 5 nitrogen and oxygen atoms in total. The van der Waals surface area contributed by atoms with Gasteiger partial charge in [-0.05, 0) is 51.0 Å². The Morgan fingerprint density at radius 2 is 1.48 bits per heavy atom. The van der Waals surface area contributed by atoms with Crippen LogP contribution in [0.25, 0.3) is 0 Å². The number of hydrogen-bond acceptors (Lipinski definition) is 4. The van der Waals surface area contributed by atoms with Gasteiger partial charge in [0.1, 0.15) is 5.75 Å². The number of aryl methyl sites for hydroxylation is 1. The average Bonchev–Trinajstić information content (AvgIpc) is 2.99. The van der Waals surface area contributed by atoms with Gasteiger partial charge in [-0.3, -0.25) is 19.3 Å². The third-order valence-corrected chi connectivity index (χ3v) is 5.95. The summed E-state index contributed by atoms with van der Waals surface area (Å²) in [7, 11) is 0. The van der Waals surface area contributed by atoms with Crippen LogP contribution in [-0.4, -0.2) is 23.7 Å². The van der Waals surface area contributed by atoms with Gasteiger partial charge in [0.2, 0.25) is 17.6 Å². The molecule has 29 heavy (non-hydrogen) atoms. The molecular weight excluding hydrogens is 366 g/mol. The summed E-state index contributed by atoms with van der Waals surface area (Å²) in [6.07, 6.45) is 2.97. The van der Waals surface area contributed by atoms with Crippen LogP contribution in [-0.2, 0) is 9.59 Å². The summed E-state index contributed by atoms with van der Waals surface area (Å²) in [4.78, 5) is 39.3. The number of ether oxygens (including phenoxy) is 1. The molecule has 1 heterocycles. The molecule has 4 rings (SSSR count). The Morgan fingerprint density at radius 1 is 0.931 bits per heavy atom. The van der Waals surface area contributed by atoms with E-state index in [1.165, 1.54) is 4.90 Å². The number of hydrogen-bond donors (Lipinski definition) is 0. The Balaban J connectivity index is 1.45. The van der Waals surface area contributed by atoms with E-state index in [0.717, 1.165) is 31.2 Å². The molecule has 150 valence electrons. The average molecular weight is 391 g/mol. The monoisotopic (exact) mass is 391 g/mol. The molecule has 2 aromatic carbocycles. The lowest BCUT2D eigenvalue weighted by Gasteiger charge is -2.19. The first-order valence-electron chi connectivity index (χ1n) is 10.2. The van der Waals surface area contributed by atoms with Gasteiger partial charge in [0, 0.05) is 5.56 Å². The van der Waals surface area contributed by atoms with E-state index in [4.69, 9.17) is 4.74 Å². The fraction of sp³-hybridized carbons (Fsp3) is 0.375. The predicted octanol–water partition coefficient (Wildman–Crippen LogP) is 4.32. The van der Waals surface area contributed by atoms with E-state index < -0.39 is 6.10 Å². The van der Waals surface area contributed by atoms with Crippen molar-refractivity contribution in [3.05, 3.63) is 59.7 Å². The second kappa shape index (κ2) is 7.82. The highest BCUT2D eigenvalue weighted by molar-refractivity contribution is 6.22. The number of Topliss-reactive ketones (excluding diaryl/α,β-unsaturated/α-hetero) is 1. The lowest BCUT2D eigenvalue weighted by molar-refractivity contribution is -0.122. The van der Waals surface area contributed by atoms with Crippen molar-refractivity contribution in [2.75, 3.05) is 4.90 Å². The molecule has 1 saturated heterocycles. The van der Waals surface area contributed by atoms with E-state index >= 15 is 0 Å². The van der Waals surface area contributed by atoms with E-state index in [-0.39, 0.29) is 29.4 Å². The van der Waals surface area contributed by atoms with E-state index in [9.17, 15) is 14.4 Å². The second-order valence-electron chi connectivity index (χ2n) is 7.99. The maximum atomic E-state index is 12.7. The summed E-state index contributed by atoms with van der Waals surface area (Å²) in [5.41, 5.74) is 2.27. The van der Waals surface area contributed by atoms with Crippen LogP contribution in [0.3, 0.4) is 0 Å². The zero-order chi connectivity index (χ0) is 20.5. The summed E-state index contributed by atoms with van der Waals surface area (Å²) in [5, 5.41) is 0. The number of anilines is 1. The molecule has 2 aromatic rings. The molecule has 2 fully saturated rings. The minimum atomic E-state index is -0.638. The van der Waals surface area contributed by atoms with Crippen molar-refractivity contribution in [2.45, 2.75) is 45.6 Å². The lowest BCUT2D eigenvalue weighted by atomic mass is 9.81. The molecular formula is C24H25NO4. The quantitative estimate of drug-likeness (QED) is 0.562. The van der Waals surface area contributed by atoms with Crippen LogP contribution in [0.15, 0.2) is 48.5 Å². The lowest BCUT2D eigenvalue weighted by Crippen LogP contribution is -2.30. The van der Waals surface area contributed by atoms with Crippen LogP contribution in [0.1, 0.15) is 48.5 Å². The van der Waals surface area contributed by atoms with Crippen LogP contribution < -0.4 is 9.64 Å². The van der Waals surface area contributed by atoms with E-state index in [1.807, 2.05) is 19.1 Å². The number of carbonyl (C=O) groups is 3. The molecule has 0 spiro atoms. The topological polar surface area (TPSA) is 63.7 Å². The minimum Gasteiger partial charge on any atom is -0.483 e. The molecule has 1 aliphatic heterocycles. The van der Waals surface area contributed by atoms with Crippen molar-refractivity contribution in [2.24, 2.45) is 11.8 Å². The van der Waals surface area contributed by atoms with Crippen molar-refractivity contribution >= 4 is 23.3 Å². The van der Waals surface area contributed by atoms with Crippen molar-refractivity contribution in [3.63, 3.8) is 0 Å². The number of rotatable bonds is 5. The maximum Gasteiger partial charge on any atom is 0.237 e. The standard InChI is InChI=1S/C24H25NO4/c1-15-7-9-17(10-8-15)22(26)16(2)29-19-13-11-18(12-14-19)25-23(27)20-5-3-4-6-21(20)24(25)28/h7-14,16,20-21H,3-6H2,1-2H3/t16-,20-,21-/m0/s1. The van der Waals surface area contributed by atoms with Gasteiger partial charge in [0.05, 0.1) is 17.5 Å². The van der Waals surface area contributed by atoms with Gasteiger partial charge in [-0.25, -0.2) is 0 Å². The van der Waals surface area contributed by atoms with Gasteiger partial charge in [0.15, 0.2) is 6.10 Å². The summed E-state index contributed by atoms with van der Waals surface area (Å²) >= 11 is 0. The molecule has 3 atom stereocenters. The third kappa shape index (κ3) is 3.69. The second-order valence-corrected chi connectivity index (χ2v) is 7.99. The first-order chi connectivity index (χ1) is 14.0. The van der Waals surface area contributed by atoms with Gasteiger partial charge in [-0.1, -0.05) is 42.7 Å². The van der Waals surface area contributed by atoms with E-state index in [2.05, 4.69) is 0 Å². The summed E-state index contributed by atoms with van der Waals surface area (Å²) in [6.45, 7) is 3.69. The molecule has 5 heteroatoms. The van der Waals surface area contributed by atoms with Crippen LogP contribution in [0.2, 0.25) is 0 Å². The van der Waals surface area contributed by atoms with Gasteiger partial charge in [0.25, 0.3) is 0 Å². The highest BCUT2D eigenvalue weighted by Crippen LogP contribution is 2.40. The fourth-order valence-electron chi connectivity index (χ4n) is 4.30. The minimum absolute atomic E-state index is 0.0868. The van der Waals surface area contributed by atoms with Gasteiger partial charge in [-0.2, -0.15) is 0 Å². The van der Waals surface area contributed by atoms with Gasteiger partial charge < -0.3 is 4.74 Å². The summed E-state index contributed by atoms with van der Waals surface area (Å²) in [6, 6.07) is 14.2. The highest BCUT2D eigenvalue weighted by Gasteiger charge is 2.48. The first-order valence-corrected chi connectivity index (χ1v) is 10.2. The molecule has 2 amide bonds. The van der Waals surface area contributed by atoms with Crippen molar-refractivity contribution in [1.29, 1.82) is 0 Å². The van der Waals surface area contributed by atoms with E-state index in [0.29, 0.717) is 17.0 Å². The molecule has 2 aliphatic rings. The molecule has 0 aromatic heterocycles. The smallest absolute Gasteiger partial charge is 0.237 e. The number of amides is 2. The van der Waals surface area contributed by atoms with Crippen LogP contribution in [0.4, 0.5) is 5.69 Å². The number of nitrogens with zero attached hydrogens (tertiary/aromatic N) is 1. The summed E-state index contributed by atoms with van der Waals surface area (Å²) in [5.74, 6) is -0.0764. The fourth-order valence-corrected chi connectivity index (χ4v) is 4.30. The molecule has 0 N–H and O–H groups in total. The molecule has 0 radical (unpaired) electrons. The normalized spacial score (nSPS) is 22.3. The van der Waals surface area contributed by atoms with Crippen molar-refractivity contribution in [1.82, 2.24) is 0 Å². The molecule has 1 saturated carbocycles. The SMILES string of the molecule is Cc1ccc(C(=O)[C@H](C)Oc2ccc(N3C(=O)[C@H]4CCCC[C@@H]4C3=O)cc2)cc1. The first kappa shape index (κ1) is 19.4. The number of benzene rings is 2. The van der Waals surface area contributed by atoms with Gasteiger partial charge in [-0.15, -0.1) is 0 Å². The van der Waals surface area contributed by atoms with E-state index in [1.54, 1.807) is 43.3 Å². The van der Waals surface area contributed by atoms with Crippen LogP contribution in [0.5, 0.6) is 5.75 Å². The Labute approximate surface area is 170 Å².